The van der Waals surface area contributed by atoms with E-state index in [-0.39, 0.29) is 0 Å². The Balaban J connectivity index is 2.82. The zero-order valence-electron chi connectivity index (χ0n) is 6.02. The summed E-state index contributed by atoms with van der Waals surface area (Å²) in [5.41, 5.74) is 1.29. The van der Waals surface area contributed by atoms with Gasteiger partial charge in [-0.3, -0.25) is 0 Å². The van der Waals surface area contributed by atoms with E-state index in [1.807, 2.05) is 6.08 Å². The predicted molar refractivity (Wildman–Crippen MR) is 49.5 cm³/mol. The predicted octanol–water partition coefficient (Wildman–Crippen LogP) is 3.50. The van der Waals surface area contributed by atoms with Crippen molar-refractivity contribution in [1.82, 2.24) is 0 Å². The van der Waals surface area contributed by atoms with Gasteiger partial charge >= 0.3 is 0 Å². The molecule has 0 amide bonds. The maximum absolute atomic E-state index is 5.85. The van der Waals surface area contributed by atoms with Crippen LogP contribution < -0.4 is 0 Å². The Morgan fingerprint density at radius 3 is 2.80 bits per heavy atom. The minimum Gasteiger partial charge on any atom is -0.148 e. The first-order valence-electron chi connectivity index (χ1n) is 3.51. The molecule has 0 atom stereocenters. The van der Waals surface area contributed by atoms with Crippen LogP contribution in [0.4, 0.5) is 0 Å². The molecule has 1 rings (SSSR count). The molecule has 0 N–H and O–H groups in total. The molecule has 2 heteroatoms. The Morgan fingerprint density at radius 2 is 2.30 bits per heavy atom. The van der Waals surface area contributed by atoms with Crippen LogP contribution in [0.5, 0.6) is 0 Å². The summed E-state index contributed by atoms with van der Waals surface area (Å²) in [6.07, 6.45) is 5.05. The summed E-state index contributed by atoms with van der Waals surface area (Å²) >= 11 is 10.2. The Kier molecular flexibility index (Phi) is 2.87. The molecule has 0 fully saturated rings. The summed E-state index contributed by atoms with van der Waals surface area (Å²) in [4.78, 5) is 1.20. The molecule has 0 saturated heterocycles. The number of hydrogen-bond donors (Lipinski definition) is 1. The molecule has 0 nitrogen and oxygen atoms in total. The number of rotatable bonds is 1. The van der Waals surface area contributed by atoms with Gasteiger partial charge in [-0.2, -0.15) is 0 Å². The first kappa shape index (κ1) is 8.22. The minimum atomic E-state index is 0.962. The zero-order chi connectivity index (χ0) is 7.56. The van der Waals surface area contributed by atoms with Crippen molar-refractivity contribution in [1.29, 1.82) is 0 Å². The molecular formula is C8H11ClS. The Morgan fingerprint density at radius 1 is 1.60 bits per heavy atom. The van der Waals surface area contributed by atoms with Crippen molar-refractivity contribution in [3.63, 3.8) is 0 Å². The molecule has 0 aromatic heterocycles. The van der Waals surface area contributed by atoms with E-state index >= 15 is 0 Å². The topological polar surface area (TPSA) is 0 Å². The number of hydrogen-bond acceptors (Lipinski definition) is 1. The van der Waals surface area contributed by atoms with Crippen LogP contribution in [0.15, 0.2) is 21.6 Å². The van der Waals surface area contributed by atoms with E-state index in [4.69, 9.17) is 11.6 Å². The molecule has 10 heavy (non-hydrogen) atoms. The molecular weight excluding hydrogens is 164 g/mol. The van der Waals surface area contributed by atoms with Gasteiger partial charge in [-0.25, -0.2) is 0 Å². The molecule has 0 heterocycles. The summed E-state index contributed by atoms with van der Waals surface area (Å²) in [6, 6.07) is 0. The third-order valence-corrected chi connectivity index (χ3v) is 2.49. The summed E-state index contributed by atoms with van der Waals surface area (Å²) in [6.45, 7) is 2.12. The number of thiol groups is 1. The standard InChI is InChI=1S/C8H11ClS/c1-2-6-5-7(9)3-4-8(6)10/h5,10H,2-4H2,1H3. The SMILES string of the molecule is CCC1=C(S)CCC(Cl)=C1. The normalized spacial score (nSPS) is 19.3. The Hall–Kier alpha value is 0.120. The average molecular weight is 175 g/mol. The highest BCUT2D eigenvalue weighted by atomic mass is 35.5. The molecule has 0 aliphatic heterocycles. The fourth-order valence-corrected chi connectivity index (χ4v) is 1.61. The van der Waals surface area contributed by atoms with Crippen LogP contribution in [0, 0.1) is 0 Å². The van der Waals surface area contributed by atoms with Gasteiger partial charge in [0.15, 0.2) is 0 Å². The summed E-state index contributed by atoms with van der Waals surface area (Å²) in [7, 11) is 0. The Labute approximate surface area is 72.4 Å². The molecule has 0 aromatic rings. The Bertz CT molecular complexity index is 191. The van der Waals surface area contributed by atoms with Gasteiger partial charge in [-0.05, 0) is 35.8 Å². The monoisotopic (exact) mass is 174 g/mol. The quantitative estimate of drug-likeness (QED) is 0.578. The smallest absolute Gasteiger partial charge is 0.0187 e. The van der Waals surface area contributed by atoms with Gasteiger partial charge in [-0.15, -0.1) is 12.6 Å². The average Bonchev–Trinajstić information content (AvgIpc) is 1.94. The molecule has 0 bridgehead atoms. The fraction of sp³-hybridized carbons (Fsp3) is 0.500. The summed E-state index contributed by atoms with van der Waals surface area (Å²) < 4.78 is 0. The van der Waals surface area contributed by atoms with E-state index in [1.165, 1.54) is 10.5 Å². The third kappa shape index (κ3) is 1.80. The van der Waals surface area contributed by atoms with Crippen molar-refractivity contribution in [3.05, 3.63) is 21.6 Å². The largest absolute Gasteiger partial charge is 0.148 e. The van der Waals surface area contributed by atoms with Gasteiger partial charge in [0.1, 0.15) is 0 Å². The van der Waals surface area contributed by atoms with Crippen LogP contribution in [0.1, 0.15) is 26.2 Å². The van der Waals surface area contributed by atoms with Crippen LogP contribution >= 0.6 is 24.2 Å². The summed E-state index contributed by atoms with van der Waals surface area (Å²) in [5.74, 6) is 0. The van der Waals surface area contributed by atoms with Gasteiger partial charge in [-0.1, -0.05) is 18.5 Å². The summed E-state index contributed by atoms with van der Waals surface area (Å²) in [5, 5.41) is 0.967. The van der Waals surface area contributed by atoms with Gasteiger partial charge < -0.3 is 0 Å². The fourth-order valence-electron chi connectivity index (χ4n) is 1.05. The van der Waals surface area contributed by atoms with Crippen molar-refractivity contribution >= 4 is 24.2 Å². The van der Waals surface area contributed by atoms with Crippen molar-refractivity contribution < 1.29 is 0 Å². The van der Waals surface area contributed by atoms with Crippen LogP contribution in [-0.4, -0.2) is 0 Å². The first-order chi connectivity index (χ1) is 4.74. The van der Waals surface area contributed by atoms with Crippen LogP contribution in [0.25, 0.3) is 0 Å². The lowest BCUT2D eigenvalue weighted by atomic mass is 10.0. The van der Waals surface area contributed by atoms with E-state index < -0.39 is 0 Å². The van der Waals surface area contributed by atoms with Crippen molar-refractivity contribution in [3.8, 4) is 0 Å². The van der Waals surface area contributed by atoms with Crippen molar-refractivity contribution in [2.24, 2.45) is 0 Å². The number of halogens is 1. The molecule has 0 unspecified atom stereocenters. The molecule has 0 aromatic carbocycles. The van der Waals surface area contributed by atoms with Gasteiger partial charge in [0, 0.05) is 5.03 Å². The second-order valence-corrected chi connectivity index (χ2v) is 3.44. The maximum atomic E-state index is 5.85. The van der Waals surface area contributed by atoms with Gasteiger partial charge in [0.05, 0.1) is 0 Å². The van der Waals surface area contributed by atoms with Crippen LogP contribution in [0.3, 0.4) is 0 Å². The minimum absolute atomic E-state index is 0.962. The van der Waals surface area contributed by atoms with Crippen molar-refractivity contribution in [2.45, 2.75) is 26.2 Å². The lowest BCUT2D eigenvalue weighted by Crippen LogP contribution is -1.90. The number of allylic oxidation sites excluding steroid dienone is 4. The van der Waals surface area contributed by atoms with E-state index in [1.54, 1.807) is 0 Å². The highest BCUT2D eigenvalue weighted by Crippen LogP contribution is 2.29. The molecule has 0 saturated carbocycles. The molecule has 1 aliphatic rings. The third-order valence-electron chi connectivity index (χ3n) is 1.68. The lowest BCUT2D eigenvalue weighted by molar-refractivity contribution is 0.956. The highest BCUT2D eigenvalue weighted by Gasteiger charge is 2.06. The van der Waals surface area contributed by atoms with E-state index in [9.17, 15) is 0 Å². The van der Waals surface area contributed by atoms with Gasteiger partial charge in [0.25, 0.3) is 0 Å². The van der Waals surface area contributed by atoms with E-state index in [0.29, 0.717) is 0 Å². The molecule has 1 aliphatic carbocycles. The van der Waals surface area contributed by atoms with Gasteiger partial charge in [0.2, 0.25) is 0 Å². The zero-order valence-corrected chi connectivity index (χ0v) is 7.67. The lowest BCUT2D eigenvalue weighted by Gasteiger charge is -2.11. The maximum Gasteiger partial charge on any atom is 0.0187 e. The highest BCUT2D eigenvalue weighted by molar-refractivity contribution is 7.84. The molecule has 56 valence electrons. The van der Waals surface area contributed by atoms with Crippen LogP contribution in [0.2, 0.25) is 0 Å². The molecule has 0 radical (unpaired) electrons. The van der Waals surface area contributed by atoms with E-state index in [2.05, 4.69) is 19.6 Å². The van der Waals surface area contributed by atoms with E-state index in [0.717, 1.165) is 24.3 Å². The molecule has 0 spiro atoms. The first-order valence-corrected chi connectivity index (χ1v) is 4.33. The second-order valence-electron chi connectivity index (χ2n) is 2.42. The second kappa shape index (κ2) is 3.49. The van der Waals surface area contributed by atoms with Crippen molar-refractivity contribution in [2.75, 3.05) is 0 Å². The van der Waals surface area contributed by atoms with Crippen LogP contribution in [-0.2, 0) is 0 Å².